The van der Waals surface area contributed by atoms with Gasteiger partial charge >= 0.3 is 0 Å². The van der Waals surface area contributed by atoms with Crippen LogP contribution in [0.5, 0.6) is 0 Å². The quantitative estimate of drug-likeness (QED) is 0.440. The third kappa shape index (κ3) is 2.70. The minimum atomic E-state index is -0.0378. The Morgan fingerprint density at radius 3 is 2.29 bits per heavy atom. The molecule has 0 aliphatic carbocycles. The third-order valence-corrected chi connectivity index (χ3v) is 3.54. The van der Waals surface area contributed by atoms with Crippen molar-refractivity contribution in [2.75, 3.05) is 0 Å². The average molecular weight is 345 g/mol. The summed E-state index contributed by atoms with van der Waals surface area (Å²) in [6, 6.07) is 0. The van der Waals surface area contributed by atoms with Crippen molar-refractivity contribution >= 4 is 45.8 Å². The molecule has 2 nitrogen and oxygen atoms in total. The zero-order valence-corrected chi connectivity index (χ0v) is 11.9. The van der Waals surface area contributed by atoms with Crippen LogP contribution in [0.1, 0.15) is 32.3 Å². The van der Waals surface area contributed by atoms with Crippen molar-refractivity contribution < 1.29 is 0 Å². The van der Waals surface area contributed by atoms with Gasteiger partial charge in [0.25, 0.3) is 0 Å². The fourth-order valence-electron chi connectivity index (χ4n) is 1.02. The fourth-order valence-corrected chi connectivity index (χ4v) is 2.38. The highest BCUT2D eigenvalue weighted by molar-refractivity contribution is 14.1. The van der Waals surface area contributed by atoms with Crippen LogP contribution in [-0.4, -0.2) is 9.97 Å². The number of alkyl halides is 1. The maximum absolute atomic E-state index is 5.99. The SMILES string of the molecule is CC(C)(C)c1nc(CCl)nc(Cl)c1I. The second kappa shape index (κ2) is 4.49. The standard InChI is InChI=1S/C9H11Cl2IN2/c1-9(2,3)7-6(12)8(11)14-5(4-10)13-7/h4H2,1-3H3. The van der Waals surface area contributed by atoms with E-state index in [1.54, 1.807) is 0 Å². The first kappa shape index (κ1) is 12.5. The summed E-state index contributed by atoms with van der Waals surface area (Å²) in [4.78, 5) is 8.47. The Labute approximate surface area is 108 Å². The van der Waals surface area contributed by atoms with Crippen molar-refractivity contribution in [3.05, 3.63) is 20.2 Å². The highest BCUT2D eigenvalue weighted by Gasteiger charge is 2.22. The molecule has 0 unspecified atom stereocenters. The second-order valence-corrected chi connectivity index (χ2v) is 5.68. The van der Waals surface area contributed by atoms with Gasteiger partial charge in [-0.15, -0.1) is 11.6 Å². The molecule has 78 valence electrons. The van der Waals surface area contributed by atoms with Crippen LogP contribution in [0.15, 0.2) is 0 Å². The van der Waals surface area contributed by atoms with Crippen molar-refractivity contribution in [2.24, 2.45) is 0 Å². The van der Waals surface area contributed by atoms with Crippen LogP contribution in [0.25, 0.3) is 0 Å². The van der Waals surface area contributed by atoms with Crippen LogP contribution < -0.4 is 0 Å². The Bertz CT molecular complexity index is 347. The zero-order valence-electron chi connectivity index (χ0n) is 8.24. The molecule has 0 radical (unpaired) electrons. The van der Waals surface area contributed by atoms with Crippen molar-refractivity contribution in [1.29, 1.82) is 0 Å². The summed E-state index contributed by atoms with van der Waals surface area (Å²) >= 11 is 13.8. The van der Waals surface area contributed by atoms with Crippen LogP contribution in [0.2, 0.25) is 5.15 Å². The lowest BCUT2D eigenvalue weighted by atomic mass is 9.92. The molecule has 0 saturated carbocycles. The van der Waals surface area contributed by atoms with Gasteiger partial charge in [0.05, 0.1) is 15.1 Å². The van der Waals surface area contributed by atoms with Crippen molar-refractivity contribution in [2.45, 2.75) is 32.1 Å². The van der Waals surface area contributed by atoms with Gasteiger partial charge in [0, 0.05) is 5.41 Å². The summed E-state index contributed by atoms with van der Waals surface area (Å²) in [5.41, 5.74) is 0.915. The van der Waals surface area contributed by atoms with Crippen molar-refractivity contribution in [3.8, 4) is 0 Å². The number of hydrogen-bond donors (Lipinski definition) is 0. The predicted octanol–water partition coefficient (Wildman–Crippen LogP) is 3.77. The molecule has 0 bridgehead atoms. The predicted molar refractivity (Wildman–Crippen MR) is 68.0 cm³/mol. The van der Waals surface area contributed by atoms with E-state index < -0.39 is 0 Å². The molecular weight excluding hydrogens is 334 g/mol. The monoisotopic (exact) mass is 344 g/mol. The van der Waals surface area contributed by atoms with Gasteiger partial charge in [0.1, 0.15) is 11.0 Å². The van der Waals surface area contributed by atoms with E-state index in [1.807, 2.05) is 0 Å². The Morgan fingerprint density at radius 1 is 1.29 bits per heavy atom. The Kier molecular flexibility index (Phi) is 4.00. The maximum atomic E-state index is 5.99. The third-order valence-electron chi connectivity index (χ3n) is 1.69. The van der Waals surface area contributed by atoms with Crippen LogP contribution in [0.4, 0.5) is 0 Å². The average Bonchev–Trinajstić information content (AvgIpc) is 2.07. The number of rotatable bonds is 1. The molecule has 5 heteroatoms. The lowest BCUT2D eigenvalue weighted by molar-refractivity contribution is 0.559. The molecule has 0 N–H and O–H groups in total. The lowest BCUT2D eigenvalue weighted by Crippen LogP contribution is -2.17. The van der Waals surface area contributed by atoms with E-state index in [0.29, 0.717) is 16.9 Å². The minimum absolute atomic E-state index is 0.0378. The highest BCUT2D eigenvalue weighted by Crippen LogP contribution is 2.29. The molecule has 1 rings (SSSR count). The smallest absolute Gasteiger partial charge is 0.146 e. The van der Waals surface area contributed by atoms with Crippen LogP contribution in [0, 0.1) is 3.57 Å². The summed E-state index contributed by atoms with van der Waals surface area (Å²) in [6.07, 6.45) is 0. The van der Waals surface area contributed by atoms with Crippen LogP contribution in [-0.2, 0) is 11.3 Å². The second-order valence-electron chi connectivity index (χ2n) is 3.98. The Morgan fingerprint density at radius 2 is 1.86 bits per heavy atom. The van der Waals surface area contributed by atoms with E-state index in [0.717, 1.165) is 9.26 Å². The van der Waals surface area contributed by atoms with E-state index in [1.165, 1.54) is 0 Å². The number of nitrogens with zero attached hydrogens (tertiary/aromatic N) is 2. The van der Waals surface area contributed by atoms with Crippen LogP contribution >= 0.6 is 45.8 Å². The molecule has 0 fully saturated rings. The Hall–Kier alpha value is 0.390. The van der Waals surface area contributed by atoms with E-state index >= 15 is 0 Å². The van der Waals surface area contributed by atoms with E-state index in [9.17, 15) is 0 Å². The first-order valence-electron chi connectivity index (χ1n) is 4.14. The van der Waals surface area contributed by atoms with Gasteiger partial charge in [-0.2, -0.15) is 0 Å². The maximum Gasteiger partial charge on any atom is 0.146 e. The fraction of sp³-hybridized carbons (Fsp3) is 0.556. The van der Waals surface area contributed by atoms with E-state index in [4.69, 9.17) is 23.2 Å². The first-order valence-corrected chi connectivity index (χ1v) is 6.13. The molecule has 0 amide bonds. The number of aromatic nitrogens is 2. The molecule has 0 aliphatic rings. The normalized spacial score (nSPS) is 11.9. The van der Waals surface area contributed by atoms with Gasteiger partial charge in [-0.25, -0.2) is 9.97 Å². The van der Waals surface area contributed by atoms with E-state index in [2.05, 4.69) is 53.3 Å². The van der Waals surface area contributed by atoms with Gasteiger partial charge in [-0.1, -0.05) is 32.4 Å². The van der Waals surface area contributed by atoms with Crippen LogP contribution in [0.3, 0.4) is 0 Å². The number of hydrogen-bond acceptors (Lipinski definition) is 2. The highest BCUT2D eigenvalue weighted by atomic mass is 127. The van der Waals surface area contributed by atoms with Gasteiger partial charge < -0.3 is 0 Å². The van der Waals surface area contributed by atoms with Crippen molar-refractivity contribution in [3.63, 3.8) is 0 Å². The van der Waals surface area contributed by atoms with Gasteiger partial charge in [-0.3, -0.25) is 0 Å². The zero-order chi connectivity index (χ0) is 10.9. The molecule has 0 aliphatic heterocycles. The summed E-state index contributed by atoms with van der Waals surface area (Å²) in [5.74, 6) is 0.877. The molecule has 0 atom stereocenters. The summed E-state index contributed by atoms with van der Waals surface area (Å²) < 4.78 is 0.908. The molecule has 0 aromatic carbocycles. The molecule has 14 heavy (non-hydrogen) atoms. The molecule has 1 heterocycles. The van der Waals surface area contributed by atoms with Gasteiger partial charge in [0.2, 0.25) is 0 Å². The number of halogens is 3. The topological polar surface area (TPSA) is 25.8 Å². The summed E-state index contributed by atoms with van der Waals surface area (Å²) in [7, 11) is 0. The lowest BCUT2D eigenvalue weighted by Gasteiger charge is -2.20. The minimum Gasteiger partial charge on any atom is -0.235 e. The molecule has 1 aromatic heterocycles. The first-order chi connectivity index (χ1) is 6.36. The molecule has 0 saturated heterocycles. The van der Waals surface area contributed by atoms with Gasteiger partial charge in [-0.05, 0) is 22.6 Å². The largest absolute Gasteiger partial charge is 0.235 e. The summed E-state index contributed by atoms with van der Waals surface area (Å²) in [6.45, 7) is 6.27. The summed E-state index contributed by atoms with van der Waals surface area (Å²) in [5, 5.41) is 0.487. The van der Waals surface area contributed by atoms with E-state index in [-0.39, 0.29) is 5.41 Å². The molecular formula is C9H11Cl2IN2. The van der Waals surface area contributed by atoms with Gasteiger partial charge in [0.15, 0.2) is 0 Å². The molecule has 1 aromatic rings. The van der Waals surface area contributed by atoms with Crippen molar-refractivity contribution in [1.82, 2.24) is 9.97 Å². The molecule has 0 spiro atoms. The Balaban J connectivity index is 3.35.